The van der Waals surface area contributed by atoms with Gasteiger partial charge in [0.05, 0.1) is 19.3 Å². The normalized spacial score (nSPS) is 19.5. The molecule has 1 N–H and O–H groups in total. The van der Waals surface area contributed by atoms with Gasteiger partial charge in [0.2, 0.25) is 0 Å². The first-order valence-corrected chi connectivity index (χ1v) is 8.22. The third-order valence-corrected chi connectivity index (χ3v) is 4.64. The van der Waals surface area contributed by atoms with Crippen molar-refractivity contribution in [1.29, 1.82) is 0 Å². The largest absolute Gasteiger partial charge is 0.480 e. The molecule has 1 fully saturated rings. The molecular weight excluding hydrogens is 348 g/mol. The zero-order valence-corrected chi connectivity index (χ0v) is 14.7. The minimum absolute atomic E-state index is 0.0464. The van der Waals surface area contributed by atoms with E-state index in [0.29, 0.717) is 13.2 Å². The summed E-state index contributed by atoms with van der Waals surface area (Å²) in [5, 5.41) is 8.81. The van der Waals surface area contributed by atoms with Gasteiger partial charge in [0.1, 0.15) is 0 Å². The molecule has 0 aromatic heterocycles. The van der Waals surface area contributed by atoms with Crippen molar-refractivity contribution in [2.24, 2.45) is 0 Å². The highest BCUT2D eigenvalue weighted by molar-refractivity contribution is 9.10. The fourth-order valence-electron chi connectivity index (χ4n) is 2.67. The average molecular weight is 371 g/mol. The number of morpholine rings is 1. The molecule has 22 heavy (non-hydrogen) atoms. The summed E-state index contributed by atoms with van der Waals surface area (Å²) in [6, 6.07) is 6.44. The van der Waals surface area contributed by atoms with E-state index in [0.717, 1.165) is 24.1 Å². The Morgan fingerprint density at radius 2 is 2.32 bits per heavy atom. The van der Waals surface area contributed by atoms with Crippen LogP contribution in [0.15, 0.2) is 22.7 Å². The molecule has 1 aromatic rings. The number of rotatable bonds is 6. The summed E-state index contributed by atoms with van der Waals surface area (Å²) in [4.78, 5) is 14.9. The first-order valence-electron chi connectivity index (χ1n) is 7.43. The van der Waals surface area contributed by atoms with Gasteiger partial charge in [0, 0.05) is 30.7 Å². The molecule has 1 atom stereocenters. The number of nitrogens with zero attached hydrogens (tertiary/aromatic N) is 2. The second-order valence-electron chi connectivity index (χ2n) is 5.90. The van der Waals surface area contributed by atoms with Gasteiger partial charge in [0.15, 0.2) is 0 Å². The molecule has 2 rings (SSSR count). The number of aliphatic carboxylic acids is 1. The van der Waals surface area contributed by atoms with Crippen LogP contribution in [0.1, 0.15) is 11.1 Å². The zero-order chi connectivity index (χ0) is 16.1. The summed E-state index contributed by atoms with van der Waals surface area (Å²) in [5.74, 6) is -0.806. The van der Waals surface area contributed by atoms with Crippen molar-refractivity contribution in [3.63, 3.8) is 0 Å². The molecule has 1 aliphatic rings. The van der Waals surface area contributed by atoms with Crippen LogP contribution in [0.4, 0.5) is 0 Å². The number of halogens is 1. The predicted molar refractivity (Wildman–Crippen MR) is 89.0 cm³/mol. The van der Waals surface area contributed by atoms with E-state index >= 15 is 0 Å². The number of likely N-dealkylation sites (N-methyl/N-ethyl adjacent to an activating group) is 1. The van der Waals surface area contributed by atoms with Gasteiger partial charge in [-0.1, -0.05) is 28.1 Å². The lowest BCUT2D eigenvalue weighted by molar-refractivity contribution is -0.138. The fourth-order valence-corrected chi connectivity index (χ4v) is 3.10. The molecule has 122 valence electrons. The lowest BCUT2D eigenvalue weighted by Crippen LogP contribution is -2.47. The van der Waals surface area contributed by atoms with Crippen LogP contribution < -0.4 is 0 Å². The van der Waals surface area contributed by atoms with Crippen LogP contribution in [0.2, 0.25) is 0 Å². The fraction of sp³-hybridized carbons (Fsp3) is 0.562. The molecule has 1 aliphatic heterocycles. The molecule has 1 unspecified atom stereocenters. The van der Waals surface area contributed by atoms with E-state index < -0.39 is 5.97 Å². The second kappa shape index (κ2) is 8.06. The van der Waals surface area contributed by atoms with Gasteiger partial charge < -0.3 is 9.84 Å². The number of carbonyl (C=O) groups is 1. The van der Waals surface area contributed by atoms with Crippen molar-refractivity contribution in [2.45, 2.75) is 19.6 Å². The van der Waals surface area contributed by atoms with Crippen molar-refractivity contribution >= 4 is 21.9 Å². The molecule has 5 nitrogen and oxygen atoms in total. The summed E-state index contributed by atoms with van der Waals surface area (Å²) in [5.41, 5.74) is 2.51. The maximum absolute atomic E-state index is 10.7. The van der Waals surface area contributed by atoms with E-state index in [9.17, 15) is 4.79 Å². The van der Waals surface area contributed by atoms with E-state index in [4.69, 9.17) is 9.84 Å². The number of benzene rings is 1. The molecule has 0 amide bonds. The maximum atomic E-state index is 10.7. The Morgan fingerprint density at radius 3 is 3.00 bits per heavy atom. The Balaban J connectivity index is 1.87. The third kappa shape index (κ3) is 5.35. The van der Waals surface area contributed by atoms with Crippen molar-refractivity contribution in [1.82, 2.24) is 9.80 Å². The highest BCUT2D eigenvalue weighted by Gasteiger charge is 2.22. The van der Waals surface area contributed by atoms with Gasteiger partial charge in [0.25, 0.3) is 0 Å². The van der Waals surface area contributed by atoms with E-state index in [1.807, 2.05) is 7.05 Å². The summed E-state index contributed by atoms with van der Waals surface area (Å²) in [6.45, 7) is 6.09. The molecule has 0 bridgehead atoms. The molecule has 1 saturated heterocycles. The number of carboxylic acids is 1. The monoisotopic (exact) mass is 370 g/mol. The molecule has 0 saturated carbocycles. The Bertz CT molecular complexity index is 524. The lowest BCUT2D eigenvalue weighted by atomic mass is 10.1. The molecular formula is C16H23BrN2O3. The van der Waals surface area contributed by atoms with E-state index in [-0.39, 0.29) is 12.6 Å². The number of ether oxygens (including phenoxy) is 1. The Morgan fingerprint density at radius 1 is 1.55 bits per heavy atom. The Labute approximate surface area is 140 Å². The average Bonchev–Trinajstić information content (AvgIpc) is 2.42. The predicted octanol–water partition coefficient (Wildman–Crippen LogP) is 1.97. The highest BCUT2D eigenvalue weighted by atomic mass is 79.9. The van der Waals surface area contributed by atoms with Gasteiger partial charge >= 0.3 is 5.97 Å². The molecule has 0 spiro atoms. The first kappa shape index (κ1) is 17.4. The van der Waals surface area contributed by atoms with Crippen LogP contribution in [0, 0.1) is 6.92 Å². The number of carboxylic acid groups (broad SMARTS) is 1. The lowest BCUT2D eigenvalue weighted by Gasteiger charge is -2.34. The van der Waals surface area contributed by atoms with E-state index in [1.54, 1.807) is 4.90 Å². The van der Waals surface area contributed by atoms with Crippen LogP contribution in [0.3, 0.4) is 0 Å². The van der Waals surface area contributed by atoms with E-state index in [2.05, 4.69) is 46.0 Å². The Hall–Kier alpha value is -0.950. The molecule has 1 aromatic carbocycles. The van der Waals surface area contributed by atoms with Gasteiger partial charge in [-0.25, -0.2) is 0 Å². The van der Waals surface area contributed by atoms with Gasteiger partial charge in [-0.3, -0.25) is 14.6 Å². The van der Waals surface area contributed by atoms with E-state index in [1.165, 1.54) is 11.1 Å². The number of hydrogen-bond acceptors (Lipinski definition) is 4. The summed E-state index contributed by atoms with van der Waals surface area (Å²) >= 11 is 3.57. The van der Waals surface area contributed by atoms with Gasteiger partial charge in [-0.15, -0.1) is 0 Å². The topological polar surface area (TPSA) is 53.0 Å². The molecule has 6 heteroatoms. The van der Waals surface area contributed by atoms with Crippen molar-refractivity contribution < 1.29 is 14.6 Å². The first-order chi connectivity index (χ1) is 10.4. The summed E-state index contributed by atoms with van der Waals surface area (Å²) in [7, 11) is 1.81. The molecule has 1 heterocycles. The molecule has 0 radical (unpaired) electrons. The van der Waals surface area contributed by atoms with Gasteiger partial charge in [-0.2, -0.15) is 0 Å². The maximum Gasteiger partial charge on any atom is 0.317 e. The quantitative estimate of drug-likeness (QED) is 0.829. The Kier molecular flexibility index (Phi) is 6.37. The van der Waals surface area contributed by atoms with Crippen LogP contribution in [-0.4, -0.2) is 66.8 Å². The van der Waals surface area contributed by atoms with Crippen molar-refractivity contribution in [2.75, 3.05) is 39.8 Å². The minimum Gasteiger partial charge on any atom is -0.480 e. The van der Waals surface area contributed by atoms with Crippen LogP contribution >= 0.6 is 15.9 Å². The third-order valence-electron chi connectivity index (χ3n) is 3.79. The summed E-state index contributed by atoms with van der Waals surface area (Å²) in [6.07, 6.45) is 0.0620. The number of aryl methyl sites for hydroxylation is 1. The zero-order valence-electron chi connectivity index (χ0n) is 13.1. The smallest absolute Gasteiger partial charge is 0.317 e. The highest BCUT2D eigenvalue weighted by Crippen LogP contribution is 2.19. The van der Waals surface area contributed by atoms with Crippen LogP contribution in [0.5, 0.6) is 0 Å². The van der Waals surface area contributed by atoms with Crippen LogP contribution in [0.25, 0.3) is 0 Å². The molecule has 0 aliphatic carbocycles. The second-order valence-corrected chi connectivity index (χ2v) is 6.76. The standard InChI is InChI=1S/C16H23BrN2O3/c1-12-3-4-13(7-15(12)17)8-19-5-6-22-14(10-19)9-18(2)11-16(20)21/h3-4,7,14H,5-6,8-11H2,1-2H3,(H,20,21). The minimum atomic E-state index is -0.806. The van der Waals surface area contributed by atoms with Crippen molar-refractivity contribution in [3.05, 3.63) is 33.8 Å². The van der Waals surface area contributed by atoms with Crippen LogP contribution in [-0.2, 0) is 16.1 Å². The summed E-state index contributed by atoms with van der Waals surface area (Å²) < 4.78 is 6.89. The van der Waals surface area contributed by atoms with Crippen molar-refractivity contribution in [3.8, 4) is 0 Å². The SMILES string of the molecule is Cc1ccc(CN2CCOC(CN(C)CC(=O)O)C2)cc1Br. The number of hydrogen-bond donors (Lipinski definition) is 1. The van der Waals surface area contributed by atoms with Gasteiger partial charge in [-0.05, 0) is 31.2 Å².